The van der Waals surface area contributed by atoms with Crippen molar-refractivity contribution in [2.75, 3.05) is 5.43 Å². The van der Waals surface area contributed by atoms with E-state index in [1.54, 1.807) is 0 Å². The second-order valence-corrected chi connectivity index (χ2v) is 4.82. The zero-order chi connectivity index (χ0) is 18.4. The summed E-state index contributed by atoms with van der Waals surface area (Å²) in [4.78, 5) is 19.9. The fourth-order valence-electron chi connectivity index (χ4n) is 1.64. The van der Waals surface area contributed by atoms with Crippen LogP contribution in [-0.2, 0) is 0 Å². The molecule has 0 unspecified atom stereocenters. The van der Waals surface area contributed by atoms with Gasteiger partial charge in [0.1, 0.15) is 24.0 Å². The van der Waals surface area contributed by atoms with Crippen molar-refractivity contribution < 1.29 is 30.3 Å². The molecule has 0 spiro atoms. The molecule has 4 atom stereocenters. The minimum absolute atomic E-state index is 0.181. The highest BCUT2D eigenvalue weighted by Crippen LogP contribution is 2.28. The summed E-state index contributed by atoms with van der Waals surface area (Å²) in [5.74, 6) is 0. The van der Waals surface area contributed by atoms with Gasteiger partial charge in [0.2, 0.25) is 0 Å². The van der Waals surface area contributed by atoms with Crippen LogP contribution in [-0.4, -0.2) is 60.9 Å². The number of nitro benzene ring substituents is 2. The largest absolute Gasteiger partial charge is 0.391 e. The van der Waals surface area contributed by atoms with Gasteiger partial charge in [-0.25, -0.2) is 0 Å². The molecule has 1 rings (SSSR count). The third kappa shape index (κ3) is 4.92. The van der Waals surface area contributed by atoms with E-state index in [9.17, 15) is 35.5 Å². The van der Waals surface area contributed by atoms with Crippen molar-refractivity contribution in [3.8, 4) is 0 Å². The molecule has 0 aliphatic heterocycles. The maximum absolute atomic E-state index is 10.9. The summed E-state index contributed by atoms with van der Waals surface area (Å²) in [6.07, 6.45) is -5.57. The number of nitro groups is 2. The normalized spacial score (nSPS) is 16.4. The Bertz CT molecular complexity index is 635. The van der Waals surface area contributed by atoms with Gasteiger partial charge in [-0.2, -0.15) is 5.10 Å². The number of nitrogens with one attached hydrogen (secondary N) is 1. The highest BCUT2D eigenvalue weighted by Gasteiger charge is 2.27. The van der Waals surface area contributed by atoms with E-state index in [-0.39, 0.29) is 5.69 Å². The molecule has 0 saturated heterocycles. The van der Waals surface area contributed by atoms with Gasteiger partial charge in [0, 0.05) is 6.07 Å². The van der Waals surface area contributed by atoms with Crippen LogP contribution in [0.15, 0.2) is 23.3 Å². The SMILES string of the molecule is C[C@H](O)[C@H](O)[C@@H](O)[C@@H](O)/C=N/Nc1ccc([N+](=O)[O-])cc1[N+](=O)[O-]. The maximum atomic E-state index is 10.9. The lowest BCUT2D eigenvalue weighted by atomic mass is 10.1. The summed E-state index contributed by atoms with van der Waals surface area (Å²) >= 11 is 0. The molecule has 0 aliphatic rings. The van der Waals surface area contributed by atoms with Crippen LogP contribution >= 0.6 is 0 Å². The number of hydrazone groups is 1. The first-order valence-electron chi connectivity index (χ1n) is 6.59. The highest BCUT2D eigenvalue weighted by molar-refractivity contribution is 5.69. The molecular weight excluding hydrogens is 328 g/mol. The van der Waals surface area contributed by atoms with E-state index in [0.717, 1.165) is 24.4 Å². The minimum Gasteiger partial charge on any atom is -0.391 e. The van der Waals surface area contributed by atoms with E-state index in [1.807, 2.05) is 0 Å². The van der Waals surface area contributed by atoms with Gasteiger partial charge < -0.3 is 20.4 Å². The Morgan fingerprint density at radius 3 is 2.25 bits per heavy atom. The molecule has 5 N–H and O–H groups in total. The number of hydrogen-bond donors (Lipinski definition) is 5. The number of non-ortho nitro benzene ring substituents is 1. The lowest BCUT2D eigenvalue weighted by Crippen LogP contribution is -2.44. The molecule has 0 amide bonds. The number of aliphatic hydroxyl groups is 4. The molecule has 0 aromatic heterocycles. The number of nitrogens with zero attached hydrogens (tertiary/aromatic N) is 3. The average Bonchev–Trinajstić information content (AvgIpc) is 2.52. The molecule has 12 heteroatoms. The van der Waals surface area contributed by atoms with E-state index in [1.165, 1.54) is 6.92 Å². The zero-order valence-electron chi connectivity index (χ0n) is 12.4. The fourth-order valence-corrected chi connectivity index (χ4v) is 1.64. The van der Waals surface area contributed by atoms with Crippen LogP contribution in [0.5, 0.6) is 0 Å². The highest BCUT2D eigenvalue weighted by atomic mass is 16.6. The Balaban J connectivity index is 2.86. The minimum atomic E-state index is -1.73. The third-order valence-corrected chi connectivity index (χ3v) is 3.00. The van der Waals surface area contributed by atoms with Crippen LogP contribution < -0.4 is 5.43 Å². The quantitative estimate of drug-likeness (QED) is 0.232. The molecular formula is C12H16N4O8. The Labute approximate surface area is 135 Å². The third-order valence-electron chi connectivity index (χ3n) is 3.00. The average molecular weight is 344 g/mol. The van der Waals surface area contributed by atoms with Gasteiger partial charge in [0.25, 0.3) is 5.69 Å². The summed E-state index contributed by atoms with van der Waals surface area (Å²) in [5.41, 5.74) is 0.933. The maximum Gasteiger partial charge on any atom is 0.301 e. The van der Waals surface area contributed by atoms with E-state index in [4.69, 9.17) is 5.11 Å². The van der Waals surface area contributed by atoms with Gasteiger partial charge >= 0.3 is 5.69 Å². The van der Waals surface area contributed by atoms with Crippen LogP contribution in [0.4, 0.5) is 17.1 Å². The fraction of sp³-hybridized carbons (Fsp3) is 0.417. The monoisotopic (exact) mass is 344 g/mol. The molecule has 0 radical (unpaired) electrons. The van der Waals surface area contributed by atoms with Crippen LogP contribution in [0.3, 0.4) is 0 Å². The van der Waals surface area contributed by atoms with E-state index in [2.05, 4.69) is 10.5 Å². The Morgan fingerprint density at radius 1 is 1.12 bits per heavy atom. The van der Waals surface area contributed by atoms with E-state index < -0.39 is 45.6 Å². The van der Waals surface area contributed by atoms with Gasteiger partial charge in [-0.15, -0.1) is 0 Å². The van der Waals surface area contributed by atoms with Gasteiger partial charge in [-0.1, -0.05) is 0 Å². The molecule has 24 heavy (non-hydrogen) atoms. The Hall–Kier alpha value is -2.67. The molecule has 0 bridgehead atoms. The van der Waals surface area contributed by atoms with E-state index >= 15 is 0 Å². The van der Waals surface area contributed by atoms with Gasteiger partial charge in [-0.3, -0.25) is 25.7 Å². The predicted molar refractivity (Wildman–Crippen MR) is 81.6 cm³/mol. The lowest BCUT2D eigenvalue weighted by Gasteiger charge is -2.22. The van der Waals surface area contributed by atoms with Crippen molar-refractivity contribution in [2.45, 2.75) is 31.3 Å². The second-order valence-electron chi connectivity index (χ2n) is 4.82. The summed E-state index contributed by atoms with van der Waals surface area (Å²) in [6, 6.07) is 2.81. The van der Waals surface area contributed by atoms with Crippen LogP contribution in [0.2, 0.25) is 0 Å². The summed E-state index contributed by atoms with van der Waals surface area (Å²) in [6.45, 7) is 1.20. The molecule has 0 fully saturated rings. The Morgan fingerprint density at radius 2 is 1.75 bits per heavy atom. The van der Waals surface area contributed by atoms with Gasteiger partial charge in [0.15, 0.2) is 0 Å². The number of benzene rings is 1. The molecule has 132 valence electrons. The molecule has 1 aromatic carbocycles. The first-order valence-corrected chi connectivity index (χ1v) is 6.59. The van der Waals surface area contributed by atoms with Crippen molar-refractivity contribution >= 4 is 23.3 Å². The Kier molecular flexibility index (Phi) is 6.67. The van der Waals surface area contributed by atoms with Gasteiger partial charge in [0.05, 0.1) is 28.2 Å². The number of hydrogen-bond acceptors (Lipinski definition) is 10. The van der Waals surface area contributed by atoms with Crippen LogP contribution in [0.25, 0.3) is 0 Å². The lowest BCUT2D eigenvalue weighted by molar-refractivity contribution is -0.393. The number of anilines is 1. The van der Waals surface area contributed by atoms with Gasteiger partial charge in [-0.05, 0) is 13.0 Å². The topological polar surface area (TPSA) is 192 Å². The zero-order valence-corrected chi connectivity index (χ0v) is 12.4. The van der Waals surface area contributed by atoms with Crippen molar-refractivity contribution in [2.24, 2.45) is 5.10 Å². The number of rotatable bonds is 8. The molecule has 0 saturated carbocycles. The van der Waals surface area contributed by atoms with Crippen molar-refractivity contribution in [1.82, 2.24) is 0 Å². The standard InChI is InChI=1S/C12H16N4O8/c1-6(17)11(19)12(20)10(18)5-13-14-8-3-2-7(15(21)22)4-9(8)16(23)24/h2-6,10-12,14,17-20H,1H3/b13-5+/t6-,10-,11-,12-/m0/s1. The molecule has 0 heterocycles. The smallest absolute Gasteiger partial charge is 0.301 e. The van der Waals surface area contributed by atoms with Crippen LogP contribution in [0, 0.1) is 20.2 Å². The predicted octanol–water partition coefficient (Wildman–Crippen LogP) is -0.636. The van der Waals surface area contributed by atoms with Crippen molar-refractivity contribution in [3.63, 3.8) is 0 Å². The first kappa shape index (κ1) is 19.4. The van der Waals surface area contributed by atoms with Crippen LogP contribution in [0.1, 0.15) is 6.92 Å². The summed E-state index contributed by atoms with van der Waals surface area (Å²) < 4.78 is 0. The summed E-state index contributed by atoms with van der Waals surface area (Å²) in [7, 11) is 0. The second kappa shape index (κ2) is 8.26. The molecule has 12 nitrogen and oxygen atoms in total. The van der Waals surface area contributed by atoms with Crippen molar-refractivity contribution in [1.29, 1.82) is 0 Å². The first-order chi connectivity index (χ1) is 11.1. The number of aliphatic hydroxyl groups excluding tert-OH is 4. The molecule has 0 aliphatic carbocycles. The molecule has 1 aromatic rings. The van der Waals surface area contributed by atoms with Crippen molar-refractivity contribution in [3.05, 3.63) is 38.4 Å². The summed E-state index contributed by atoms with van der Waals surface area (Å²) in [5, 5.41) is 62.6. The van der Waals surface area contributed by atoms with E-state index in [0.29, 0.717) is 0 Å².